The lowest BCUT2D eigenvalue weighted by Crippen LogP contribution is -2.55. The molecule has 0 amide bonds. The molecule has 2 unspecified atom stereocenters. The topological polar surface area (TPSA) is 167 Å². The molecule has 10 nitrogen and oxygen atoms in total. The van der Waals surface area contributed by atoms with Gasteiger partial charge in [-0.3, -0.25) is 19.2 Å². The SMILES string of the molecule is COc1cc(C#N)ccc1C(C(C)=O)(C(=O)OCCC#N)C(C(C)=O)C(=O)OCCC#N. The highest BCUT2D eigenvalue weighted by Crippen LogP contribution is 2.42. The molecule has 0 aliphatic heterocycles. The molecule has 0 aromatic heterocycles. The normalized spacial score (nSPS) is 12.6. The van der Waals surface area contributed by atoms with Gasteiger partial charge in [0.1, 0.15) is 30.7 Å². The third kappa shape index (κ3) is 5.27. The zero-order valence-electron chi connectivity index (χ0n) is 17.8. The maximum absolute atomic E-state index is 13.3. The van der Waals surface area contributed by atoms with Crippen LogP contribution in [0.1, 0.15) is 37.8 Å². The molecule has 2 atom stereocenters. The number of ketones is 2. The smallest absolute Gasteiger partial charge is 0.325 e. The predicted molar refractivity (Wildman–Crippen MR) is 107 cm³/mol. The second-order valence-electron chi connectivity index (χ2n) is 6.55. The van der Waals surface area contributed by atoms with Crippen molar-refractivity contribution in [3.63, 3.8) is 0 Å². The van der Waals surface area contributed by atoms with Gasteiger partial charge < -0.3 is 14.2 Å². The summed E-state index contributed by atoms with van der Waals surface area (Å²) in [5.41, 5.74) is -2.55. The Morgan fingerprint density at radius 2 is 1.59 bits per heavy atom. The third-order valence-electron chi connectivity index (χ3n) is 4.61. The minimum Gasteiger partial charge on any atom is -0.496 e. The number of methoxy groups -OCH3 is 1. The largest absolute Gasteiger partial charge is 0.496 e. The van der Waals surface area contributed by atoms with Gasteiger partial charge in [-0.1, -0.05) is 6.07 Å². The molecule has 0 bridgehead atoms. The summed E-state index contributed by atoms with van der Waals surface area (Å²) >= 11 is 0. The summed E-state index contributed by atoms with van der Waals surface area (Å²) in [6, 6.07) is 9.19. The molecule has 1 rings (SSSR count). The van der Waals surface area contributed by atoms with Gasteiger partial charge in [-0.05, 0) is 26.0 Å². The molecule has 0 saturated heterocycles. The van der Waals surface area contributed by atoms with Crippen LogP contribution in [0.15, 0.2) is 18.2 Å². The summed E-state index contributed by atoms with van der Waals surface area (Å²) in [5, 5.41) is 26.6. The number of carbonyl (C=O) groups excluding carboxylic acids is 4. The van der Waals surface area contributed by atoms with Crippen molar-refractivity contribution >= 4 is 23.5 Å². The summed E-state index contributed by atoms with van der Waals surface area (Å²) in [4.78, 5) is 51.9. The number of benzene rings is 1. The van der Waals surface area contributed by atoms with Crippen LogP contribution in [0.3, 0.4) is 0 Å². The highest BCUT2D eigenvalue weighted by molar-refractivity contribution is 6.18. The second kappa shape index (κ2) is 11.8. The van der Waals surface area contributed by atoms with Gasteiger partial charge in [-0.25, -0.2) is 0 Å². The van der Waals surface area contributed by atoms with E-state index in [1.165, 1.54) is 25.3 Å². The van der Waals surface area contributed by atoms with E-state index in [0.29, 0.717) is 0 Å². The van der Waals surface area contributed by atoms with Crippen molar-refractivity contribution < 1.29 is 33.4 Å². The van der Waals surface area contributed by atoms with E-state index in [-0.39, 0.29) is 36.3 Å². The number of Topliss-reactive ketones (excluding diaryl/α,β-unsaturated/α-hetero) is 2. The number of nitrogens with zero attached hydrogens (tertiary/aromatic N) is 3. The Hall–Kier alpha value is -4.23. The number of hydrogen-bond donors (Lipinski definition) is 0. The molecular formula is C22H21N3O7. The summed E-state index contributed by atoms with van der Waals surface area (Å²) in [7, 11) is 1.22. The minimum absolute atomic E-state index is 0.104. The van der Waals surface area contributed by atoms with Gasteiger partial charge in [0.25, 0.3) is 0 Å². The minimum atomic E-state index is -2.51. The first-order valence-corrected chi connectivity index (χ1v) is 9.40. The summed E-state index contributed by atoms with van der Waals surface area (Å²) in [6.07, 6.45) is -0.363. The molecule has 0 spiro atoms. The fourth-order valence-electron chi connectivity index (χ4n) is 3.24. The van der Waals surface area contributed by atoms with Gasteiger partial charge in [-0.15, -0.1) is 0 Å². The summed E-state index contributed by atoms with van der Waals surface area (Å²) < 4.78 is 15.4. The fraction of sp³-hybridized carbons (Fsp3) is 0.409. The first-order valence-electron chi connectivity index (χ1n) is 9.40. The quantitative estimate of drug-likeness (QED) is 0.280. The van der Waals surface area contributed by atoms with Gasteiger partial charge in [-0.2, -0.15) is 15.8 Å². The lowest BCUT2D eigenvalue weighted by atomic mass is 9.65. The molecule has 0 N–H and O–H groups in total. The number of carbonyl (C=O) groups is 4. The number of hydrogen-bond acceptors (Lipinski definition) is 10. The molecule has 1 aromatic carbocycles. The van der Waals surface area contributed by atoms with Crippen LogP contribution >= 0.6 is 0 Å². The van der Waals surface area contributed by atoms with Crippen LogP contribution in [0.2, 0.25) is 0 Å². The van der Waals surface area contributed by atoms with Crippen LogP contribution in [0.4, 0.5) is 0 Å². The number of esters is 2. The second-order valence-corrected chi connectivity index (χ2v) is 6.55. The zero-order chi connectivity index (χ0) is 24.3. The maximum Gasteiger partial charge on any atom is 0.325 e. The summed E-state index contributed by atoms with van der Waals surface area (Å²) in [6.45, 7) is 1.26. The Morgan fingerprint density at radius 1 is 1.00 bits per heavy atom. The van der Waals surface area contributed by atoms with E-state index in [1.54, 1.807) is 12.1 Å². The van der Waals surface area contributed by atoms with Crippen molar-refractivity contribution in [1.29, 1.82) is 15.8 Å². The molecule has 0 aliphatic carbocycles. The van der Waals surface area contributed by atoms with E-state index in [4.69, 9.17) is 30.0 Å². The van der Waals surface area contributed by atoms with Crippen molar-refractivity contribution in [1.82, 2.24) is 0 Å². The summed E-state index contributed by atoms with van der Waals surface area (Å²) in [5.74, 6) is -6.30. The third-order valence-corrected chi connectivity index (χ3v) is 4.61. The maximum atomic E-state index is 13.3. The van der Waals surface area contributed by atoms with E-state index in [2.05, 4.69) is 0 Å². The molecule has 0 fully saturated rings. The van der Waals surface area contributed by atoms with Gasteiger partial charge in [0.15, 0.2) is 11.2 Å². The van der Waals surface area contributed by atoms with Crippen LogP contribution in [-0.4, -0.2) is 43.8 Å². The molecule has 166 valence electrons. The molecule has 0 saturated carbocycles. The zero-order valence-corrected chi connectivity index (χ0v) is 17.8. The lowest BCUT2D eigenvalue weighted by molar-refractivity contribution is -0.169. The van der Waals surface area contributed by atoms with Crippen molar-refractivity contribution in [3.8, 4) is 24.0 Å². The van der Waals surface area contributed by atoms with Crippen LogP contribution in [0.5, 0.6) is 5.75 Å². The molecule has 10 heteroatoms. The standard InChI is InChI=1S/C22H21N3O7/c1-14(26)19(20(28)31-10-4-8-23)22(15(2)27,21(29)32-11-5-9-24)17-7-6-16(13-25)12-18(17)30-3/h6-7,12,19H,4-5,10-11H2,1-3H3. The number of ether oxygens (including phenoxy) is 3. The van der Waals surface area contributed by atoms with Crippen molar-refractivity contribution in [3.05, 3.63) is 29.3 Å². The average molecular weight is 439 g/mol. The lowest BCUT2D eigenvalue weighted by Gasteiger charge is -2.35. The Balaban J connectivity index is 3.87. The Kier molecular flexibility index (Phi) is 9.54. The predicted octanol–water partition coefficient (Wildman–Crippen LogP) is 1.51. The Labute approximate surface area is 184 Å². The van der Waals surface area contributed by atoms with Crippen LogP contribution in [0.25, 0.3) is 0 Å². The Morgan fingerprint density at radius 3 is 2.06 bits per heavy atom. The first kappa shape index (κ1) is 25.8. The van der Waals surface area contributed by atoms with Crippen molar-refractivity contribution in [2.45, 2.75) is 32.1 Å². The highest BCUT2D eigenvalue weighted by Gasteiger charge is 2.60. The molecule has 0 radical (unpaired) electrons. The molecular weight excluding hydrogens is 418 g/mol. The number of nitriles is 3. The first-order chi connectivity index (χ1) is 15.2. The van der Waals surface area contributed by atoms with E-state index >= 15 is 0 Å². The Bertz CT molecular complexity index is 1030. The van der Waals surface area contributed by atoms with Crippen molar-refractivity contribution in [2.24, 2.45) is 5.92 Å². The van der Waals surface area contributed by atoms with Gasteiger partial charge in [0.05, 0.1) is 43.7 Å². The van der Waals surface area contributed by atoms with Crippen molar-refractivity contribution in [2.75, 3.05) is 20.3 Å². The monoisotopic (exact) mass is 439 g/mol. The molecule has 0 heterocycles. The number of rotatable bonds is 11. The highest BCUT2D eigenvalue weighted by atomic mass is 16.5. The molecule has 1 aromatic rings. The van der Waals surface area contributed by atoms with Gasteiger partial charge in [0, 0.05) is 5.56 Å². The van der Waals surface area contributed by atoms with E-state index in [0.717, 1.165) is 13.8 Å². The van der Waals surface area contributed by atoms with Crippen LogP contribution in [-0.2, 0) is 34.1 Å². The van der Waals surface area contributed by atoms with E-state index in [9.17, 15) is 19.2 Å². The van der Waals surface area contributed by atoms with Gasteiger partial charge >= 0.3 is 11.9 Å². The average Bonchev–Trinajstić information content (AvgIpc) is 2.76. The van der Waals surface area contributed by atoms with Gasteiger partial charge in [0.2, 0.25) is 0 Å². The fourth-order valence-corrected chi connectivity index (χ4v) is 3.24. The van der Waals surface area contributed by atoms with E-state index < -0.39 is 41.4 Å². The molecule has 32 heavy (non-hydrogen) atoms. The van der Waals surface area contributed by atoms with Crippen LogP contribution < -0.4 is 4.74 Å². The van der Waals surface area contributed by atoms with E-state index in [1.807, 2.05) is 6.07 Å². The van der Waals surface area contributed by atoms with Crippen LogP contribution in [0, 0.1) is 39.9 Å². The molecule has 0 aliphatic rings.